The van der Waals surface area contributed by atoms with Gasteiger partial charge in [0.05, 0.1) is 17.9 Å². The zero-order chi connectivity index (χ0) is 10.7. The Morgan fingerprint density at radius 2 is 2.33 bits per heavy atom. The summed E-state index contributed by atoms with van der Waals surface area (Å²) in [4.78, 5) is 4.13. The van der Waals surface area contributed by atoms with E-state index in [-0.39, 0.29) is 0 Å². The van der Waals surface area contributed by atoms with Crippen LogP contribution < -0.4 is 11.1 Å². The van der Waals surface area contributed by atoms with Crippen LogP contribution in [0.25, 0.3) is 0 Å². The van der Waals surface area contributed by atoms with E-state index in [0.717, 1.165) is 5.69 Å². The number of nitrogens with two attached hydrogens (primary N) is 1. The van der Waals surface area contributed by atoms with E-state index in [1.54, 1.807) is 16.9 Å². The molecule has 0 atom stereocenters. The molecule has 0 bridgehead atoms. The van der Waals surface area contributed by atoms with Gasteiger partial charge in [0, 0.05) is 19.4 Å². The molecule has 0 saturated carbocycles. The maximum atomic E-state index is 5.74. The second-order valence-electron chi connectivity index (χ2n) is 3.28. The summed E-state index contributed by atoms with van der Waals surface area (Å²) < 4.78 is 1.76. The van der Waals surface area contributed by atoms with Crippen LogP contribution in [0.4, 0.5) is 11.5 Å². The number of hydrogen-bond donors (Lipinski definition) is 2. The maximum absolute atomic E-state index is 5.74. The van der Waals surface area contributed by atoms with Crippen molar-refractivity contribution in [3.8, 4) is 0 Å². The molecule has 2 rings (SSSR count). The van der Waals surface area contributed by atoms with Crippen LogP contribution in [0.2, 0.25) is 0 Å². The molecule has 2 heterocycles. The topological polar surface area (TPSA) is 68.8 Å². The molecule has 2 aromatic rings. The second kappa shape index (κ2) is 4.00. The fourth-order valence-electron chi connectivity index (χ4n) is 1.30. The fourth-order valence-corrected chi connectivity index (χ4v) is 1.30. The normalized spacial score (nSPS) is 10.2. The van der Waals surface area contributed by atoms with Gasteiger partial charge >= 0.3 is 0 Å². The van der Waals surface area contributed by atoms with E-state index < -0.39 is 0 Å². The molecule has 3 N–H and O–H groups in total. The smallest absolute Gasteiger partial charge is 0.149 e. The summed E-state index contributed by atoms with van der Waals surface area (Å²) in [6, 6.07) is 5.57. The van der Waals surface area contributed by atoms with Gasteiger partial charge in [-0.2, -0.15) is 5.10 Å². The van der Waals surface area contributed by atoms with Gasteiger partial charge in [-0.25, -0.2) is 4.98 Å². The van der Waals surface area contributed by atoms with Crippen molar-refractivity contribution in [1.82, 2.24) is 14.8 Å². The lowest BCUT2D eigenvalue weighted by Crippen LogP contribution is -2.05. The van der Waals surface area contributed by atoms with Gasteiger partial charge in [-0.1, -0.05) is 0 Å². The number of hydrogen-bond acceptors (Lipinski definition) is 4. The van der Waals surface area contributed by atoms with Gasteiger partial charge in [0.15, 0.2) is 0 Å². The minimum absolute atomic E-state index is 0.627. The van der Waals surface area contributed by atoms with Crippen molar-refractivity contribution >= 4 is 11.5 Å². The lowest BCUT2D eigenvalue weighted by atomic mass is 10.3. The highest BCUT2D eigenvalue weighted by atomic mass is 15.3. The van der Waals surface area contributed by atoms with Gasteiger partial charge in [0.2, 0.25) is 0 Å². The molecule has 0 saturated heterocycles. The van der Waals surface area contributed by atoms with Crippen molar-refractivity contribution in [1.29, 1.82) is 0 Å². The van der Waals surface area contributed by atoms with Crippen LogP contribution in [0.15, 0.2) is 30.6 Å². The first-order valence-corrected chi connectivity index (χ1v) is 4.68. The Labute approximate surface area is 87.9 Å². The van der Waals surface area contributed by atoms with Crippen LogP contribution in [0.1, 0.15) is 5.69 Å². The average Bonchev–Trinajstić information content (AvgIpc) is 2.63. The summed E-state index contributed by atoms with van der Waals surface area (Å²) in [7, 11) is 1.89. The molecule has 0 radical (unpaired) electrons. The number of nitrogen functional groups attached to an aromatic ring is 1. The molecule has 0 amide bonds. The minimum atomic E-state index is 0.627. The summed E-state index contributed by atoms with van der Waals surface area (Å²) in [6.07, 6.45) is 3.61. The molecule has 2 aromatic heterocycles. The number of aryl methyl sites for hydroxylation is 1. The van der Waals surface area contributed by atoms with E-state index in [1.807, 2.05) is 25.4 Å². The average molecular weight is 203 g/mol. The van der Waals surface area contributed by atoms with E-state index in [9.17, 15) is 0 Å². The molecule has 15 heavy (non-hydrogen) atoms. The number of pyridine rings is 1. The third-order valence-electron chi connectivity index (χ3n) is 2.04. The number of rotatable bonds is 3. The molecule has 0 aliphatic carbocycles. The minimum Gasteiger partial charge on any atom is -0.396 e. The second-order valence-corrected chi connectivity index (χ2v) is 3.28. The summed E-state index contributed by atoms with van der Waals surface area (Å²) in [5.41, 5.74) is 7.35. The third kappa shape index (κ3) is 2.25. The van der Waals surface area contributed by atoms with Crippen molar-refractivity contribution in [2.45, 2.75) is 6.54 Å². The van der Waals surface area contributed by atoms with Gasteiger partial charge in [-0.15, -0.1) is 0 Å². The fraction of sp³-hybridized carbons (Fsp3) is 0.200. The standard InChI is InChI=1S/C10H13N5/c1-15-6-4-8(14-15)7-13-10-9(11)3-2-5-12-10/h2-6H,7,11H2,1H3,(H,12,13). The van der Waals surface area contributed by atoms with E-state index in [4.69, 9.17) is 5.73 Å². The highest BCUT2D eigenvalue weighted by Gasteiger charge is 2.00. The Bertz CT molecular complexity index is 449. The predicted molar refractivity (Wildman–Crippen MR) is 59.2 cm³/mol. The van der Waals surface area contributed by atoms with Crippen LogP contribution in [-0.4, -0.2) is 14.8 Å². The lowest BCUT2D eigenvalue weighted by Gasteiger charge is -2.05. The number of nitrogens with one attached hydrogen (secondary N) is 1. The highest BCUT2D eigenvalue weighted by molar-refractivity contribution is 5.60. The summed E-state index contributed by atoms with van der Waals surface area (Å²) in [5.74, 6) is 0.697. The summed E-state index contributed by atoms with van der Waals surface area (Å²) in [5, 5.41) is 7.37. The first-order chi connectivity index (χ1) is 7.25. The highest BCUT2D eigenvalue weighted by Crippen LogP contribution is 2.13. The molecular weight excluding hydrogens is 190 g/mol. The van der Waals surface area contributed by atoms with Crippen LogP contribution in [0, 0.1) is 0 Å². The Balaban J connectivity index is 2.02. The van der Waals surface area contributed by atoms with E-state index in [0.29, 0.717) is 18.1 Å². The Kier molecular flexibility index (Phi) is 2.53. The molecule has 0 aromatic carbocycles. The Morgan fingerprint density at radius 1 is 1.47 bits per heavy atom. The summed E-state index contributed by atoms with van der Waals surface area (Å²) >= 11 is 0. The SMILES string of the molecule is Cn1ccc(CNc2ncccc2N)n1. The first kappa shape index (κ1) is 9.51. The number of nitrogens with zero attached hydrogens (tertiary/aromatic N) is 3. The van der Waals surface area contributed by atoms with Crippen molar-refractivity contribution in [2.24, 2.45) is 7.05 Å². The summed E-state index contributed by atoms with van der Waals surface area (Å²) in [6.45, 7) is 0.627. The Hall–Kier alpha value is -2.04. The molecule has 0 fully saturated rings. The van der Waals surface area contributed by atoms with E-state index >= 15 is 0 Å². The van der Waals surface area contributed by atoms with Gasteiger partial charge in [-0.05, 0) is 18.2 Å². The van der Waals surface area contributed by atoms with Crippen molar-refractivity contribution in [3.63, 3.8) is 0 Å². The number of aromatic nitrogens is 3. The molecule has 5 heteroatoms. The van der Waals surface area contributed by atoms with Gasteiger partial charge in [0.25, 0.3) is 0 Å². The zero-order valence-electron chi connectivity index (χ0n) is 8.51. The Morgan fingerprint density at radius 3 is 3.00 bits per heavy atom. The van der Waals surface area contributed by atoms with Crippen molar-refractivity contribution in [2.75, 3.05) is 11.1 Å². The quantitative estimate of drug-likeness (QED) is 0.781. The zero-order valence-corrected chi connectivity index (χ0v) is 8.51. The first-order valence-electron chi connectivity index (χ1n) is 4.68. The third-order valence-corrected chi connectivity index (χ3v) is 2.04. The van der Waals surface area contributed by atoms with Crippen LogP contribution >= 0.6 is 0 Å². The van der Waals surface area contributed by atoms with Gasteiger partial charge in [0.1, 0.15) is 5.82 Å². The molecule has 5 nitrogen and oxygen atoms in total. The van der Waals surface area contributed by atoms with Gasteiger partial charge in [-0.3, -0.25) is 4.68 Å². The molecular formula is C10H13N5. The number of anilines is 2. The molecule has 0 unspecified atom stereocenters. The molecule has 0 aliphatic heterocycles. The van der Waals surface area contributed by atoms with Gasteiger partial charge < -0.3 is 11.1 Å². The van der Waals surface area contributed by atoms with Crippen molar-refractivity contribution < 1.29 is 0 Å². The van der Waals surface area contributed by atoms with E-state index in [2.05, 4.69) is 15.4 Å². The lowest BCUT2D eigenvalue weighted by molar-refractivity contribution is 0.747. The van der Waals surface area contributed by atoms with Crippen molar-refractivity contribution in [3.05, 3.63) is 36.3 Å². The molecule has 78 valence electrons. The molecule has 0 aliphatic rings. The maximum Gasteiger partial charge on any atom is 0.149 e. The predicted octanol–water partition coefficient (Wildman–Crippen LogP) is 1.01. The van der Waals surface area contributed by atoms with Crippen LogP contribution in [0.3, 0.4) is 0 Å². The monoisotopic (exact) mass is 203 g/mol. The van der Waals surface area contributed by atoms with E-state index in [1.165, 1.54) is 0 Å². The van der Waals surface area contributed by atoms with Crippen LogP contribution in [-0.2, 0) is 13.6 Å². The van der Waals surface area contributed by atoms with Crippen LogP contribution in [0.5, 0.6) is 0 Å². The largest absolute Gasteiger partial charge is 0.396 e. The molecule has 0 spiro atoms.